The van der Waals surface area contributed by atoms with Gasteiger partial charge in [0.1, 0.15) is 11.7 Å². The molecule has 0 aliphatic carbocycles. The van der Waals surface area contributed by atoms with Crippen LogP contribution in [-0.4, -0.2) is 35.0 Å². The molecule has 0 unspecified atom stereocenters. The summed E-state index contributed by atoms with van der Waals surface area (Å²) in [7, 11) is 0. The SMILES string of the molecule is N=C1CN=C(c2ccccc2F)c2cc(Cl)ccc2N1C(=N)C(=O)O. The fraction of sp³-hybridized carbons (Fsp3) is 0.0588. The van der Waals surface area contributed by atoms with Gasteiger partial charge in [-0.2, -0.15) is 0 Å². The summed E-state index contributed by atoms with van der Waals surface area (Å²) in [6.07, 6.45) is 0. The predicted octanol–water partition coefficient (Wildman–Crippen LogP) is 3.18. The fourth-order valence-corrected chi connectivity index (χ4v) is 2.75. The molecule has 0 amide bonds. The molecule has 1 aliphatic heterocycles. The van der Waals surface area contributed by atoms with Crippen LogP contribution >= 0.6 is 11.6 Å². The van der Waals surface area contributed by atoms with E-state index in [9.17, 15) is 9.18 Å². The highest BCUT2D eigenvalue weighted by Crippen LogP contribution is 2.30. The van der Waals surface area contributed by atoms with Crippen LogP contribution in [0.15, 0.2) is 47.5 Å². The van der Waals surface area contributed by atoms with Crippen LogP contribution in [0.1, 0.15) is 11.1 Å². The van der Waals surface area contributed by atoms with E-state index in [0.717, 1.165) is 4.90 Å². The zero-order chi connectivity index (χ0) is 18.1. The second-order valence-corrected chi connectivity index (χ2v) is 5.68. The number of halogens is 2. The molecule has 3 N–H and O–H groups in total. The van der Waals surface area contributed by atoms with Crippen LogP contribution in [0.3, 0.4) is 0 Å². The average molecular weight is 359 g/mol. The van der Waals surface area contributed by atoms with Gasteiger partial charge in [0.05, 0.1) is 17.9 Å². The van der Waals surface area contributed by atoms with Crippen molar-refractivity contribution in [2.24, 2.45) is 4.99 Å². The van der Waals surface area contributed by atoms with E-state index in [1.54, 1.807) is 18.2 Å². The van der Waals surface area contributed by atoms with E-state index in [4.69, 9.17) is 27.5 Å². The Bertz CT molecular complexity index is 942. The molecule has 126 valence electrons. The van der Waals surface area contributed by atoms with Crippen molar-refractivity contribution in [3.05, 3.63) is 64.4 Å². The molecule has 1 heterocycles. The molecule has 0 radical (unpaired) electrons. The Morgan fingerprint density at radius 1 is 1.24 bits per heavy atom. The molecule has 8 heteroatoms. The minimum Gasteiger partial charge on any atom is -0.475 e. The molecule has 25 heavy (non-hydrogen) atoms. The van der Waals surface area contributed by atoms with Crippen LogP contribution in [0.4, 0.5) is 10.1 Å². The van der Waals surface area contributed by atoms with Crippen molar-refractivity contribution in [3.63, 3.8) is 0 Å². The summed E-state index contributed by atoms with van der Waals surface area (Å²) in [5, 5.41) is 25.4. The van der Waals surface area contributed by atoms with Crippen LogP contribution < -0.4 is 4.90 Å². The molecule has 1 aliphatic rings. The second kappa shape index (κ2) is 6.45. The number of anilines is 1. The summed E-state index contributed by atoms with van der Waals surface area (Å²) in [5.74, 6) is -2.98. The zero-order valence-corrected chi connectivity index (χ0v) is 13.5. The number of carbonyl (C=O) groups is 1. The molecule has 0 fully saturated rings. The Morgan fingerprint density at radius 3 is 2.64 bits per heavy atom. The number of hydrogen-bond donors (Lipinski definition) is 3. The molecular weight excluding hydrogens is 347 g/mol. The summed E-state index contributed by atoms with van der Waals surface area (Å²) >= 11 is 6.06. The van der Waals surface area contributed by atoms with E-state index in [1.165, 1.54) is 24.3 Å². The highest BCUT2D eigenvalue weighted by molar-refractivity contribution is 6.45. The molecule has 0 saturated carbocycles. The van der Waals surface area contributed by atoms with E-state index in [0.29, 0.717) is 10.6 Å². The quantitative estimate of drug-likeness (QED) is 0.539. The second-order valence-electron chi connectivity index (χ2n) is 5.24. The Kier molecular flexibility index (Phi) is 4.33. The normalized spacial score (nSPS) is 13.8. The molecule has 0 saturated heterocycles. The highest BCUT2D eigenvalue weighted by Gasteiger charge is 2.29. The van der Waals surface area contributed by atoms with Crippen molar-refractivity contribution in [1.29, 1.82) is 10.8 Å². The number of amidine groups is 2. The summed E-state index contributed by atoms with van der Waals surface area (Å²) in [4.78, 5) is 16.5. The lowest BCUT2D eigenvalue weighted by atomic mass is 9.99. The molecule has 0 aromatic heterocycles. The van der Waals surface area contributed by atoms with Gasteiger partial charge in [0.25, 0.3) is 0 Å². The zero-order valence-electron chi connectivity index (χ0n) is 12.8. The first kappa shape index (κ1) is 16.8. The summed E-state index contributed by atoms with van der Waals surface area (Å²) in [6.45, 7) is -0.203. The Balaban J connectivity index is 2.26. The third kappa shape index (κ3) is 3.01. The molecule has 0 spiro atoms. The smallest absolute Gasteiger partial charge is 0.371 e. The summed E-state index contributed by atoms with van der Waals surface area (Å²) < 4.78 is 14.3. The number of nitrogens with one attached hydrogen (secondary N) is 2. The van der Waals surface area contributed by atoms with Crippen molar-refractivity contribution >= 4 is 40.6 Å². The number of fused-ring (bicyclic) bond motifs is 1. The molecule has 2 aromatic rings. The summed E-state index contributed by atoms with van der Waals surface area (Å²) in [5.41, 5.74) is 1.05. The topological polar surface area (TPSA) is 101 Å². The van der Waals surface area contributed by atoms with Gasteiger partial charge in [-0.25, -0.2) is 9.18 Å². The molecule has 0 bridgehead atoms. The fourth-order valence-electron chi connectivity index (χ4n) is 2.58. The summed E-state index contributed by atoms with van der Waals surface area (Å²) in [6, 6.07) is 10.5. The molecule has 3 rings (SSSR count). The van der Waals surface area contributed by atoms with E-state index in [2.05, 4.69) is 4.99 Å². The molecule has 2 aromatic carbocycles. The lowest BCUT2D eigenvalue weighted by Gasteiger charge is -2.23. The van der Waals surface area contributed by atoms with Crippen molar-refractivity contribution in [1.82, 2.24) is 0 Å². The number of nitrogens with zero attached hydrogens (tertiary/aromatic N) is 2. The van der Waals surface area contributed by atoms with Crippen molar-refractivity contribution in [2.75, 3.05) is 11.4 Å². The maximum atomic E-state index is 14.3. The maximum Gasteiger partial charge on any atom is 0.371 e. The van der Waals surface area contributed by atoms with Crippen LogP contribution in [0.2, 0.25) is 5.02 Å². The first-order chi connectivity index (χ1) is 11.9. The molecular formula is C17H12ClFN4O2. The minimum absolute atomic E-state index is 0.203. The third-order valence-electron chi connectivity index (χ3n) is 3.67. The molecule has 6 nitrogen and oxygen atoms in total. The third-order valence-corrected chi connectivity index (χ3v) is 3.90. The lowest BCUT2D eigenvalue weighted by Crippen LogP contribution is -2.41. The number of aliphatic carboxylic acids is 1. The van der Waals surface area contributed by atoms with Gasteiger partial charge in [0, 0.05) is 16.1 Å². The van der Waals surface area contributed by atoms with Gasteiger partial charge >= 0.3 is 5.97 Å². The Morgan fingerprint density at radius 2 is 1.96 bits per heavy atom. The predicted molar refractivity (Wildman–Crippen MR) is 93.9 cm³/mol. The number of aliphatic imine (C=N–C) groups is 1. The highest BCUT2D eigenvalue weighted by atomic mass is 35.5. The Labute approximate surface area is 147 Å². The van der Waals surface area contributed by atoms with Crippen molar-refractivity contribution in [3.8, 4) is 0 Å². The van der Waals surface area contributed by atoms with Gasteiger partial charge in [-0.15, -0.1) is 0 Å². The van der Waals surface area contributed by atoms with Crippen molar-refractivity contribution < 1.29 is 14.3 Å². The monoisotopic (exact) mass is 358 g/mol. The van der Waals surface area contributed by atoms with Gasteiger partial charge in [0.2, 0.25) is 5.84 Å². The van der Waals surface area contributed by atoms with Crippen LogP contribution in [-0.2, 0) is 4.79 Å². The van der Waals surface area contributed by atoms with Crippen LogP contribution in [0.25, 0.3) is 0 Å². The molecule has 0 atom stereocenters. The number of rotatable bonds is 1. The first-order valence-electron chi connectivity index (χ1n) is 7.19. The van der Waals surface area contributed by atoms with E-state index in [-0.39, 0.29) is 29.3 Å². The van der Waals surface area contributed by atoms with Crippen LogP contribution in [0, 0.1) is 16.6 Å². The van der Waals surface area contributed by atoms with Gasteiger partial charge < -0.3 is 5.11 Å². The van der Waals surface area contributed by atoms with Gasteiger partial charge in [-0.1, -0.05) is 23.7 Å². The van der Waals surface area contributed by atoms with E-state index in [1.807, 2.05) is 0 Å². The van der Waals surface area contributed by atoms with Gasteiger partial charge in [0.15, 0.2) is 0 Å². The number of benzene rings is 2. The first-order valence-corrected chi connectivity index (χ1v) is 7.56. The van der Waals surface area contributed by atoms with Gasteiger partial charge in [-0.3, -0.25) is 20.7 Å². The Hall–Kier alpha value is -3.06. The maximum absolute atomic E-state index is 14.3. The van der Waals surface area contributed by atoms with Crippen LogP contribution in [0.5, 0.6) is 0 Å². The van der Waals surface area contributed by atoms with Crippen molar-refractivity contribution in [2.45, 2.75) is 0 Å². The number of carboxylic acid groups (broad SMARTS) is 1. The van der Waals surface area contributed by atoms with E-state index < -0.39 is 17.6 Å². The average Bonchev–Trinajstić information content (AvgIpc) is 2.71. The standard InChI is InChI=1S/C17H12ClFN4O2/c18-9-5-6-13-11(7-9)15(10-3-1-2-4-12(10)19)22-8-14(20)23(13)16(21)17(24)25/h1-7,20-21H,8H2,(H,24,25). The van der Waals surface area contributed by atoms with Gasteiger partial charge in [-0.05, 0) is 30.3 Å². The number of carboxylic acids is 1. The minimum atomic E-state index is -1.49. The number of hydrogen-bond acceptors (Lipinski definition) is 4. The number of benzodiazepines with no additional fused rings is 1. The largest absolute Gasteiger partial charge is 0.475 e. The van der Waals surface area contributed by atoms with E-state index >= 15 is 0 Å². The lowest BCUT2D eigenvalue weighted by molar-refractivity contribution is -0.129.